The molecule has 4 aromatic rings. The first kappa shape index (κ1) is 30.1. The molecular weight excluding hydrogens is 585 g/mol. The number of nitrogens with zero attached hydrogens (tertiary/aromatic N) is 7. The number of hydrogen-bond donors (Lipinski definition) is 4. The van der Waals surface area contributed by atoms with Crippen molar-refractivity contribution >= 4 is 41.5 Å². The number of benzene rings is 2. The Labute approximate surface area is 243 Å². The molecule has 0 saturated carbocycles. The summed E-state index contributed by atoms with van der Waals surface area (Å²) < 4.78 is 37.9. The first-order valence-corrected chi connectivity index (χ1v) is 14.5. The number of fused-ring (bicyclic) bond motifs is 2. The molecule has 1 aliphatic heterocycles. The molecule has 1 aliphatic rings. The van der Waals surface area contributed by atoms with Gasteiger partial charge in [0.1, 0.15) is 35.8 Å². The molecule has 2 aromatic carbocycles. The smallest absolute Gasteiger partial charge is 0.459 e. The molecule has 3 heterocycles. The number of nitrogens with one attached hydrogen (secondary N) is 1. The van der Waals surface area contributed by atoms with Crippen LogP contribution in [0.2, 0.25) is 0 Å². The standard InChI is InChI=1S/C25H28N9O8P/c1-3-39-24(37)14(2)31-43(38,42-17-10-6-8-15-7-4-5-9-16(15)17)40-11-25(32-33-27)20(36)19(35)23(41-25)34-13-30-18-21(26)28-12-29-22(18)34/h4-10,12-14,19-20,23,35-36H,3,11H2,1-2H3,(H,31,38)(H2,26,28,29)/t14-,19+,20-,23+,25+,43?/m0/s1. The molecule has 2 aromatic heterocycles. The molecule has 1 unspecified atom stereocenters. The molecule has 17 nitrogen and oxygen atoms in total. The summed E-state index contributed by atoms with van der Waals surface area (Å²) in [5.41, 5.74) is 13.3. The van der Waals surface area contributed by atoms with Crippen molar-refractivity contribution in [1.82, 2.24) is 24.6 Å². The van der Waals surface area contributed by atoms with E-state index in [0.717, 1.165) is 5.39 Å². The predicted octanol–water partition coefficient (Wildman–Crippen LogP) is 2.56. The van der Waals surface area contributed by atoms with E-state index in [2.05, 4.69) is 30.1 Å². The second kappa shape index (κ2) is 12.1. The molecule has 0 spiro atoms. The van der Waals surface area contributed by atoms with Crippen LogP contribution in [0.5, 0.6) is 5.75 Å². The minimum Gasteiger partial charge on any atom is -0.465 e. The van der Waals surface area contributed by atoms with Crippen molar-refractivity contribution in [2.75, 3.05) is 18.9 Å². The van der Waals surface area contributed by atoms with E-state index < -0.39 is 50.5 Å². The number of carbonyl (C=O) groups is 1. The third-order valence-electron chi connectivity index (χ3n) is 6.68. The molecule has 5 N–H and O–H groups in total. The van der Waals surface area contributed by atoms with Crippen LogP contribution < -0.4 is 15.3 Å². The molecule has 43 heavy (non-hydrogen) atoms. The highest BCUT2D eigenvalue weighted by molar-refractivity contribution is 7.52. The number of imidazole rings is 1. The van der Waals surface area contributed by atoms with Gasteiger partial charge in [-0.2, -0.15) is 5.09 Å². The first-order chi connectivity index (χ1) is 20.6. The SMILES string of the molecule is CCOC(=O)[C@H](C)NP(=O)(OC[C@@]1(N=[N+]=[N-])O[C@@H](n2cnc3c(N)ncnc32)[C@H](O)[C@@H]1O)Oc1cccc2ccccc12. The lowest BCUT2D eigenvalue weighted by molar-refractivity contribution is -0.144. The number of esters is 1. The largest absolute Gasteiger partial charge is 0.465 e. The number of nitrogen functional groups attached to an aromatic ring is 1. The van der Waals surface area contributed by atoms with Crippen molar-refractivity contribution in [3.63, 3.8) is 0 Å². The second-order valence-electron chi connectivity index (χ2n) is 9.50. The van der Waals surface area contributed by atoms with Gasteiger partial charge in [-0.3, -0.25) is 13.9 Å². The van der Waals surface area contributed by atoms with Gasteiger partial charge < -0.3 is 29.9 Å². The van der Waals surface area contributed by atoms with Gasteiger partial charge >= 0.3 is 13.7 Å². The summed E-state index contributed by atoms with van der Waals surface area (Å²) in [6.07, 6.45) is -2.56. The van der Waals surface area contributed by atoms with Gasteiger partial charge in [0, 0.05) is 10.3 Å². The van der Waals surface area contributed by atoms with Crippen molar-refractivity contribution in [2.45, 2.75) is 44.1 Å². The molecular formula is C25H28N9O8P. The van der Waals surface area contributed by atoms with Gasteiger partial charge in [0.2, 0.25) is 5.72 Å². The van der Waals surface area contributed by atoms with E-state index in [9.17, 15) is 25.1 Å². The molecule has 6 atom stereocenters. The lowest BCUT2D eigenvalue weighted by atomic mass is 10.1. The molecule has 226 valence electrons. The lowest BCUT2D eigenvalue weighted by Crippen LogP contribution is -2.45. The van der Waals surface area contributed by atoms with Crippen LogP contribution in [0, 0.1) is 0 Å². The summed E-state index contributed by atoms with van der Waals surface area (Å²) in [6, 6.07) is 11.0. The van der Waals surface area contributed by atoms with Gasteiger partial charge in [-0.15, -0.1) is 0 Å². The number of aliphatic hydroxyl groups excluding tert-OH is 2. The first-order valence-electron chi connectivity index (χ1n) is 13.0. The summed E-state index contributed by atoms with van der Waals surface area (Å²) in [4.78, 5) is 27.3. The zero-order valence-electron chi connectivity index (χ0n) is 22.9. The number of anilines is 1. The van der Waals surface area contributed by atoms with Gasteiger partial charge in [-0.05, 0) is 30.8 Å². The lowest BCUT2D eigenvalue weighted by Gasteiger charge is -2.29. The molecule has 1 fully saturated rings. The van der Waals surface area contributed by atoms with Crippen LogP contribution in [0.3, 0.4) is 0 Å². The van der Waals surface area contributed by atoms with Gasteiger partial charge in [0.25, 0.3) is 0 Å². The minimum absolute atomic E-state index is 0.0646. The minimum atomic E-state index is -4.53. The summed E-state index contributed by atoms with van der Waals surface area (Å²) in [5.74, 6) is -0.524. The molecule has 5 rings (SSSR count). The van der Waals surface area contributed by atoms with Crippen molar-refractivity contribution in [3.8, 4) is 5.75 Å². The van der Waals surface area contributed by atoms with Crippen LogP contribution in [-0.2, 0) is 23.4 Å². The Morgan fingerprint density at radius 2 is 2.05 bits per heavy atom. The third-order valence-corrected chi connectivity index (χ3v) is 8.29. The number of azide groups is 1. The quantitative estimate of drug-likeness (QED) is 0.0625. The van der Waals surface area contributed by atoms with Crippen molar-refractivity contribution < 1.29 is 38.1 Å². The number of ether oxygens (including phenoxy) is 2. The normalized spacial score (nSPS) is 23.9. The van der Waals surface area contributed by atoms with E-state index in [0.29, 0.717) is 5.39 Å². The molecule has 1 saturated heterocycles. The average Bonchev–Trinajstić information content (AvgIpc) is 3.53. The van der Waals surface area contributed by atoms with E-state index in [1.54, 1.807) is 31.2 Å². The highest BCUT2D eigenvalue weighted by Crippen LogP contribution is 2.49. The fraction of sp³-hybridized carbons (Fsp3) is 0.360. The highest BCUT2D eigenvalue weighted by Gasteiger charge is 2.56. The Kier molecular flexibility index (Phi) is 8.48. The molecule has 0 radical (unpaired) electrons. The van der Waals surface area contributed by atoms with Crippen molar-refractivity contribution in [3.05, 3.63) is 65.6 Å². The molecule has 0 amide bonds. The van der Waals surface area contributed by atoms with Crippen LogP contribution in [0.15, 0.2) is 60.2 Å². The maximum Gasteiger partial charge on any atom is 0.459 e. The number of hydrogen-bond acceptors (Lipinski definition) is 13. The van der Waals surface area contributed by atoms with E-state index in [1.165, 1.54) is 24.1 Å². The van der Waals surface area contributed by atoms with Crippen LogP contribution >= 0.6 is 7.75 Å². The van der Waals surface area contributed by atoms with Crippen LogP contribution in [-0.4, -0.2) is 72.9 Å². The highest BCUT2D eigenvalue weighted by atomic mass is 31.2. The van der Waals surface area contributed by atoms with Crippen molar-refractivity contribution in [2.24, 2.45) is 5.11 Å². The number of aliphatic hydroxyl groups is 2. The zero-order chi connectivity index (χ0) is 30.8. The van der Waals surface area contributed by atoms with Gasteiger partial charge in [0.15, 0.2) is 17.7 Å². The van der Waals surface area contributed by atoms with Crippen LogP contribution in [0.4, 0.5) is 5.82 Å². The number of carbonyl (C=O) groups excluding carboxylic acids is 1. The Hall–Kier alpha value is -4.34. The van der Waals surface area contributed by atoms with Gasteiger partial charge in [-0.25, -0.2) is 19.5 Å². The van der Waals surface area contributed by atoms with E-state index in [4.69, 9.17) is 24.3 Å². The summed E-state index contributed by atoms with van der Waals surface area (Å²) in [7, 11) is -4.53. The van der Waals surface area contributed by atoms with Crippen LogP contribution in [0.25, 0.3) is 32.4 Å². The van der Waals surface area contributed by atoms with Gasteiger partial charge in [0.05, 0.1) is 19.5 Å². The third kappa shape index (κ3) is 5.83. The number of aromatic nitrogens is 4. The topological polar surface area (TPSA) is 242 Å². The maximum atomic E-state index is 14.2. The molecule has 18 heteroatoms. The maximum absolute atomic E-state index is 14.2. The average molecular weight is 614 g/mol. The van der Waals surface area contributed by atoms with E-state index in [1.807, 2.05) is 18.2 Å². The Morgan fingerprint density at radius 1 is 1.28 bits per heavy atom. The van der Waals surface area contributed by atoms with Gasteiger partial charge in [-0.1, -0.05) is 41.5 Å². The monoisotopic (exact) mass is 613 g/mol. The molecule has 0 aliphatic carbocycles. The Morgan fingerprint density at radius 3 is 2.81 bits per heavy atom. The fourth-order valence-corrected chi connectivity index (χ4v) is 6.12. The van der Waals surface area contributed by atoms with E-state index in [-0.39, 0.29) is 29.3 Å². The summed E-state index contributed by atoms with van der Waals surface area (Å²) in [6.45, 7) is 2.18. The van der Waals surface area contributed by atoms with Crippen LogP contribution in [0.1, 0.15) is 20.1 Å². The zero-order valence-corrected chi connectivity index (χ0v) is 23.8. The number of rotatable bonds is 11. The second-order valence-corrected chi connectivity index (χ2v) is 11.2. The summed E-state index contributed by atoms with van der Waals surface area (Å²) in [5, 5.41) is 29.5. The Bertz CT molecular complexity index is 1740. The van der Waals surface area contributed by atoms with Crippen molar-refractivity contribution in [1.29, 1.82) is 0 Å². The predicted molar refractivity (Wildman–Crippen MR) is 151 cm³/mol. The van der Waals surface area contributed by atoms with E-state index >= 15 is 0 Å². The number of nitrogens with two attached hydrogens (primary N) is 1. The fourth-order valence-electron chi connectivity index (χ4n) is 4.58. The summed E-state index contributed by atoms with van der Waals surface area (Å²) >= 11 is 0. The Balaban J connectivity index is 1.47. The molecule has 0 bridgehead atoms.